The molecule has 1 unspecified atom stereocenters. The van der Waals surface area contributed by atoms with Gasteiger partial charge in [0.2, 0.25) is 5.91 Å². The second-order valence-electron chi connectivity index (χ2n) is 5.20. The molecule has 0 radical (unpaired) electrons. The smallest absolute Gasteiger partial charge is 0.247 e. The lowest BCUT2D eigenvalue weighted by molar-refractivity contribution is -0.137. The summed E-state index contributed by atoms with van der Waals surface area (Å²) in [5, 5.41) is 4.13. The monoisotopic (exact) mass is 280 g/mol. The first-order valence-corrected chi connectivity index (χ1v) is 7.32. The third kappa shape index (κ3) is 3.80. The molecule has 0 bridgehead atoms. The van der Waals surface area contributed by atoms with Gasteiger partial charge < -0.3 is 15.4 Å². The highest BCUT2D eigenvalue weighted by molar-refractivity contribution is 5.80. The molecule has 2 heterocycles. The SMILES string of the molecule is CC(C(=O)N1CCC(OCCCN)CC1)n1cccn1. The third-order valence-corrected chi connectivity index (χ3v) is 3.73. The van der Waals surface area contributed by atoms with Crippen LogP contribution in [0.1, 0.15) is 32.2 Å². The van der Waals surface area contributed by atoms with Gasteiger partial charge in [0, 0.05) is 32.1 Å². The van der Waals surface area contributed by atoms with Crippen LogP contribution in [-0.4, -0.2) is 52.9 Å². The van der Waals surface area contributed by atoms with Crippen LogP contribution in [0.4, 0.5) is 0 Å². The fourth-order valence-corrected chi connectivity index (χ4v) is 2.46. The minimum absolute atomic E-state index is 0.133. The number of likely N-dealkylation sites (tertiary alicyclic amines) is 1. The lowest BCUT2D eigenvalue weighted by Crippen LogP contribution is -2.43. The van der Waals surface area contributed by atoms with Crippen LogP contribution in [0.3, 0.4) is 0 Å². The quantitative estimate of drug-likeness (QED) is 0.782. The average Bonchev–Trinajstić information content (AvgIpc) is 3.01. The van der Waals surface area contributed by atoms with Crippen molar-refractivity contribution in [2.45, 2.75) is 38.3 Å². The maximum Gasteiger partial charge on any atom is 0.247 e. The Morgan fingerprint density at radius 3 is 2.85 bits per heavy atom. The molecule has 2 N–H and O–H groups in total. The van der Waals surface area contributed by atoms with Gasteiger partial charge in [-0.3, -0.25) is 9.48 Å². The molecular formula is C14H24N4O2. The molecular weight excluding hydrogens is 256 g/mol. The molecule has 0 aliphatic carbocycles. The highest BCUT2D eigenvalue weighted by Gasteiger charge is 2.27. The number of amides is 1. The molecule has 1 aromatic heterocycles. The Kier molecular flexibility index (Phi) is 5.55. The highest BCUT2D eigenvalue weighted by Crippen LogP contribution is 2.17. The Labute approximate surface area is 119 Å². The summed E-state index contributed by atoms with van der Waals surface area (Å²) in [4.78, 5) is 14.3. The van der Waals surface area contributed by atoms with Gasteiger partial charge in [-0.1, -0.05) is 0 Å². The van der Waals surface area contributed by atoms with E-state index < -0.39 is 0 Å². The fourth-order valence-electron chi connectivity index (χ4n) is 2.46. The lowest BCUT2D eigenvalue weighted by Gasteiger charge is -2.33. The van der Waals surface area contributed by atoms with Crippen molar-refractivity contribution in [2.24, 2.45) is 5.73 Å². The number of nitrogens with two attached hydrogens (primary N) is 1. The van der Waals surface area contributed by atoms with E-state index in [2.05, 4.69) is 5.10 Å². The zero-order chi connectivity index (χ0) is 14.4. The molecule has 0 spiro atoms. The van der Waals surface area contributed by atoms with Gasteiger partial charge >= 0.3 is 0 Å². The van der Waals surface area contributed by atoms with Crippen molar-refractivity contribution in [2.75, 3.05) is 26.2 Å². The number of aromatic nitrogens is 2. The molecule has 1 fully saturated rings. The van der Waals surface area contributed by atoms with Crippen molar-refractivity contribution in [3.63, 3.8) is 0 Å². The topological polar surface area (TPSA) is 73.4 Å². The van der Waals surface area contributed by atoms with Crippen LogP contribution in [-0.2, 0) is 9.53 Å². The van der Waals surface area contributed by atoms with Gasteiger partial charge in [0.15, 0.2) is 0 Å². The molecule has 1 aromatic rings. The first-order valence-electron chi connectivity index (χ1n) is 7.32. The number of piperidine rings is 1. The lowest BCUT2D eigenvalue weighted by atomic mass is 10.1. The zero-order valence-electron chi connectivity index (χ0n) is 12.1. The van der Waals surface area contributed by atoms with Crippen molar-refractivity contribution >= 4 is 5.91 Å². The van der Waals surface area contributed by atoms with Gasteiger partial charge in [-0.2, -0.15) is 5.10 Å². The summed E-state index contributed by atoms with van der Waals surface area (Å²) < 4.78 is 7.45. The van der Waals surface area contributed by atoms with E-state index in [4.69, 9.17) is 10.5 Å². The molecule has 1 amide bonds. The van der Waals surface area contributed by atoms with Gasteiger partial charge in [-0.15, -0.1) is 0 Å². The predicted molar refractivity (Wildman–Crippen MR) is 76.2 cm³/mol. The van der Waals surface area contributed by atoms with Crippen LogP contribution in [0, 0.1) is 0 Å². The average molecular weight is 280 g/mol. The Balaban J connectivity index is 1.77. The van der Waals surface area contributed by atoms with Gasteiger partial charge in [-0.05, 0) is 38.8 Å². The molecule has 20 heavy (non-hydrogen) atoms. The fraction of sp³-hybridized carbons (Fsp3) is 0.714. The van der Waals surface area contributed by atoms with Crippen LogP contribution >= 0.6 is 0 Å². The molecule has 1 atom stereocenters. The van der Waals surface area contributed by atoms with Gasteiger partial charge in [0.1, 0.15) is 6.04 Å². The van der Waals surface area contributed by atoms with E-state index in [0.29, 0.717) is 6.54 Å². The molecule has 1 aliphatic heterocycles. The van der Waals surface area contributed by atoms with E-state index in [9.17, 15) is 4.79 Å². The maximum absolute atomic E-state index is 12.4. The summed E-state index contributed by atoms with van der Waals surface area (Å²) in [5.41, 5.74) is 5.44. The number of carbonyl (C=O) groups excluding carboxylic acids is 1. The molecule has 2 rings (SSSR count). The Hall–Kier alpha value is -1.40. The Morgan fingerprint density at radius 2 is 2.25 bits per heavy atom. The van der Waals surface area contributed by atoms with Crippen LogP contribution in [0.2, 0.25) is 0 Å². The number of rotatable bonds is 6. The van der Waals surface area contributed by atoms with Crippen LogP contribution < -0.4 is 5.73 Å². The van der Waals surface area contributed by atoms with Gasteiger partial charge in [0.25, 0.3) is 0 Å². The molecule has 0 aromatic carbocycles. The van der Waals surface area contributed by atoms with Crippen molar-refractivity contribution in [1.82, 2.24) is 14.7 Å². The molecule has 6 nitrogen and oxygen atoms in total. The predicted octanol–water partition coefficient (Wildman–Crippen LogP) is 0.801. The summed E-state index contributed by atoms with van der Waals surface area (Å²) in [7, 11) is 0. The summed E-state index contributed by atoms with van der Waals surface area (Å²) in [6, 6.07) is 1.60. The number of hydrogen-bond acceptors (Lipinski definition) is 4. The number of nitrogens with zero attached hydrogens (tertiary/aromatic N) is 3. The van der Waals surface area contributed by atoms with Crippen LogP contribution in [0.5, 0.6) is 0 Å². The van der Waals surface area contributed by atoms with E-state index in [0.717, 1.165) is 39.0 Å². The molecule has 6 heteroatoms. The van der Waals surface area contributed by atoms with Crippen LogP contribution in [0.25, 0.3) is 0 Å². The van der Waals surface area contributed by atoms with E-state index in [1.807, 2.05) is 24.1 Å². The van der Waals surface area contributed by atoms with E-state index in [-0.39, 0.29) is 18.1 Å². The van der Waals surface area contributed by atoms with Crippen molar-refractivity contribution in [3.05, 3.63) is 18.5 Å². The largest absolute Gasteiger partial charge is 0.378 e. The molecule has 1 aliphatic rings. The van der Waals surface area contributed by atoms with Crippen LogP contribution in [0.15, 0.2) is 18.5 Å². The van der Waals surface area contributed by atoms with Crippen molar-refractivity contribution in [3.8, 4) is 0 Å². The second kappa shape index (κ2) is 7.40. The Bertz CT molecular complexity index is 399. The Morgan fingerprint density at radius 1 is 1.50 bits per heavy atom. The number of hydrogen-bond donors (Lipinski definition) is 1. The summed E-state index contributed by atoms with van der Waals surface area (Å²) >= 11 is 0. The first kappa shape index (κ1) is 15.0. The summed E-state index contributed by atoms with van der Waals surface area (Å²) in [6.45, 7) is 4.80. The second-order valence-corrected chi connectivity index (χ2v) is 5.20. The normalized spacial score (nSPS) is 18.2. The number of ether oxygens (including phenoxy) is 1. The highest BCUT2D eigenvalue weighted by atomic mass is 16.5. The summed E-state index contributed by atoms with van der Waals surface area (Å²) in [6.07, 6.45) is 6.50. The van der Waals surface area contributed by atoms with Gasteiger partial charge in [-0.25, -0.2) is 0 Å². The minimum Gasteiger partial charge on any atom is -0.378 e. The van der Waals surface area contributed by atoms with E-state index >= 15 is 0 Å². The van der Waals surface area contributed by atoms with Crippen molar-refractivity contribution in [1.29, 1.82) is 0 Å². The zero-order valence-corrected chi connectivity index (χ0v) is 12.1. The first-order chi connectivity index (χ1) is 9.72. The van der Waals surface area contributed by atoms with Crippen molar-refractivity contribution < 1.29 is 9.53 Å². The molecule has 1 saturated heterocycles. The summed E-state index contributed by atoms with van der Waals surface area (Å²) in [5.74, 6) is 0.133. The van der Waals surface area contributed by atoms with E-state index in [1.54, 1.807) is 10.9 Å². The maximum atomic E-state index is 12.4. The molecule has 0 saturated carbocycles. The molecule has 112 valence electrons. The minimum atomic E-state index is -0.236. The standard InChI is InChI=1S/C14H24N4O2/c1-12(18-8-3-7-16-18)14(19)17-9-4-13(5-10-17)20-11-2-6-15/h3,7-8,12-13H,2,4-6,9-11,15H2,1H3. The third-order valence-electron chi connectivity index (χ3n) is 3.73. The number of carbonyl (C=O) groups is 1. The van der Waals surface area contributed by atoms with E-state index in [1.165, 1.54) is 0 Å². The van der Waals surface area contributed by atoms with Gasteiger partial charge in [0.05, 0.1) is 6.10 Å².